The molecule has 7 nitrogen and oxygen atoms in total. The van der Waals surface area contributed by atoms with Crippen LogP contribution in [0.25, 0.3) is 0 Å². The van der Waals surface area contributed by atoms with E-state index in [1.165, 1.54) is 19.2 Å². The lowest BCUT2D eigenvalue weighted by molar-refractivity contribution is -0.146. The second-order valence-electron chi connectivity index (χ2n) is 5.85. The number of methoxy groups -OCH3 is 1. The smallest absolute Gasteiger partial charge is 0.324 e. The highest BCUT2D eigenvalue weighted by atomic mass is 32.2. The molecule has 0 unspecified atom stereocenters. The van der Waals surface area contributed by atoms with Crippen LogP contribution in [0.15, 0.2) is 28.0 Å². The third-order valence-electron chi connectivity index (χ3n) is 4.10. The van der Waals surface area contributed by atoms with Crippen molar-refractivity contribution in [3.05, 3.63) is 23.8 Å². The number of piperidine rings is 1. The highest BCUT2D eigenvalue weighted by Gasteiger charge is 2.39. The average Bonchev–Trinajstić information content (AvgIpc) is 2.53. The molecule has 0 N–H and O–H groups in total. The molecular formula is C15H21NO6S2. The summed E-state index contributed by atoms with van der Waals surface area (Å²) in [4.78, 5) is 11.8. The Labute approximate surface area is 142 Å². The van der Waals surface area contributed by atoms with Gasteiger partial charge in [-0.2, -0.15) is 4.31 Å². The number of esters is 1. The Bertz CT molecular complexity index is 845. The molecule has 1 saturated heterocycles. The van der Waals surface area contributed by atoms with E-state index in [1.54, 1.807) is 6.92 Å². The molecule has 1 aliphatic heterocycles. The Balaban J connectivity index is 2.55. The molecule has 9 heteroatoms. The highest BCUT2D eigenvalue weighted by Crippen LogP contribution is 2.29. The van der Waals surface area contributed by atoms with Crippen LogP contribution in [0.1, 0.15) is 24.8 Å². The predicted octanol–water partition coefficient (Wildman–Crippen LogP) is 1.11. The van der Waals surface area contributed by atoms with Crippen LogP contribution in [0.4, 0.5) is 0 Å². The van der Waals surface area contributed by atoms with Gasteiger partial charge in [-0.3, -0.25) is 4.79 Å². The molecule has 1 aromatic carbocycles. The zero-order valence-corrected chi connectivity index (χ0v) is 15.5. The number of carbonyl (C=O) groups is 1. The summed E-state index contributed by atoms with van der Waals surface area (Å²) in [5.74, 6) is -0.602. The van der Waals surface area contributed by atoms with Gasteiger partial charge in [-0.15, -0.1) is 0 Å². The van der Waals surface area contributed by atoms with Crippen molar-refractivity contribution in [2.45, 2.75) is 42.0 Å². The minimum absolute atomic E-state index is 0.0710. The zero-order valence-electron chi connectivity index (χ0n) is 13.9. The maximum absolute atomic E-state index is 13.0. The van der Waals surface area contributed by atoms with Gasteiger partial charge in [0, 0.05) is 12.8 Å². The number of rotatable bonds is 4. The van der Waals surface area contributed by atoms with Crippen molar-refractivity contribution in [2.75, 3.05) is 19.9 Å². The first-order valence-electron chi connectivity index (χ1n) is 7.49. The van der Waals surface area contributed by atoms with E-state index in [0.29, 0.717) is 18.4 Å². The first-order chi connectivity index (χ1) is 11.1. The van der Waals surface area contributed by atoms with Crippen molar-refractivity contribution in [3.63, 3.8) is 0 Å². The molecule has 0 spiro atoms. The maximum atomic E-state index is 13.0. The number of hydrogen-bond donors (Lipinski definition) is 0. The van der Waals surface area contributed by atoms with Crippen LogP contribution in [0.2, 0.25) is 0 Å². The van der Waals surface area contributed by atoms with Gasteiger partial charge < -0.3 is 4.74 Å². The summed E-state index contributed by atoms with van der Waals surface area (Å²) in [5, 5.41) is 0. The van der Waals surface area contributed by atoms with Crippen molar-refractivity contribution < 1.29 is 26.4 Å². The second-order valence-corrected chi connectivity index (χ2v) is 9.72. The fourth-order valence-electron chi connectivity index (χ4n) is 2.78. The fraction of sp³-hybridized carbons (Fsp3) is 0.533. The summed E-state index contributed by atoms with van der Waals surface area (Å²) < 4.78 is 55.4. The molecule has 1 aliphatic rings. The van der Waals surface area contributed by atoms with Gasteiger partial charge in [-0.1, -0.05) is 6.07 Å². The highest BCUT2D eigenvalue weighted by molar-refractivity contribution is 7.91. The molecule has 0 bridgehead atoms. The molecule has 0 aromatic heterocycles. The average molecular weight is 375 g/mol. The van der Waals surface area contributed by atoms with Crippen molar-refractivity contribution in [3.8, 4) is 0 Å². The SMILES string of the molecule is COC(=O)[C@@H]1CCCCN1S(=O)(=O)c1cc(S(C)(=O)=O)ccc1C. The first-order valence-corrected chi connectivity index (χ1v) is 10.8. The van der Waals surface area contributed by atoms with Crippen molar-refractivity contribution in [2.24, 2.45) is 0 Å². The second kappa shape index (κ2) is 6.81. The van der Waals surface area contributed by atoms with E-state index in [9.17, 15) is 21.6 Å². The third kappa shape index (κ3) is 3.62. The summed E-state index contributed by atoms with van der Waals surface area (Å²) in [6.07, 6.45) is 2.77. The van der Waals surface area contributed by atoms with E-state index < -0.39 is 31.9 Å². The van der Waals surface area contributed by atoms with Crippen LogP contribution in [0.5, 0.6) is 0 Å². The molecule has 1 atom stereocenters. The van der Waals surface area contributed by atoms with E-state index in [0.717, 1.165) is 23.0 Å². The molecule has 0 saturated carbocycles. The monoisotopic (exact) mass is 375 g/mol. The lowest BCUT2D eigenvalue weighted by Crippen LogP contribution is -2.48. The Morgan fingerprint density at radius 3 is 2.46 bits per heavy atom. The summed E-state index contributed by atoms with van der Waals surface area (Å²) in [5.41, 5.74) is 0.427. The minimum atomic E-state index is -4.01. The van der Waals surface area contributed by atoms with Crippen molar-refractivity contribution in [1.29, 1.82) is 0 Å². The third-order valence-corrected chi connectivity index (χ3v) is 7.26. The summed E-state index contributed by atoms with van der Waals surface area (Å²) in [6.45, 7) is 1.79. The van der Waals surface area contributed by atoms with Crippen LogP contribution in [0.3, 0.4) is 0 Å². The molecular weight excluding hydrogens is 354 g/mol. The predicted molar refractivity (Wildman–Crippen MR) is 87.8 cm³/mol. The standard InChI is InChI=1S/C15H21NO6S2/c1-11-7-8-12(23(3,18)19)10-14(11)24(20,21)16-9-5-4-6-13(16)15(17)22-2/h7-8,10,13H,4-6,9H2,1-3H3/t13-/m0/s1. The number of carbonyl (C=O) groups excluding carboxylic acids is 1. The molecule has 1 fully saturated rings. The van der Waals surface area contributed by atoms with E-state index >= 15 is 0 Å². The number of sulfonamides is 1. The lowest BCUT2D eigenvalue weighted by atomic mass is 10.1. The number of ether oxygens (including phenoxy) is 1. The molecule has 0 aliphatic carbocycles. The summed E-state index contributed by atoms with van der Waals surface area (Å²) in [6, 6.07) is 3.11. The van der Waals surface area contributed by atoms with Crippen LogP contribution in [-0.4, -0.2) is 53.1 Å². The Morgan fingerprint density at radius 2 is 1.88 bits per heavy atom. The van der Waals surface area contributed by atoms with Gasteiger partial charge in [0.2, 0.25) is 10.0 Å². The molecule has 1 aromatic rings. The molecule has 0 radical (unpaired) electrons. The van der Waals surface area contributed by atoms with Crippen LogP contribution in [-0.2, 0) is 29.4 Å². The minimum Gasteiger partial charge on any atom is -0.468 e. The van der Waals surface area contributed by atoms with Gasteiger partial charge in [0.05, 0.1) is 16.9 Å². The van der Waals surface area contributed by atoms with Gasteiger partial charge >= 0.3 is 5.97 Å². The fourth-order valence-corrected chi connectivity index (χ4v) is 5.40. The maximum Gasteiger partial charge on any atom is 0.324 e. The van der Waals surface area contributed by atoms with Gasteiger partial charge in [-0.05, 0) is 43.9 Å². The Kier molecular flexibility index (Phi) is 5.36. The first kappa shape index (κ1) is 18.9. The number of nitrogens with zero attached hydrogens (tertiary/aromatic N) is 1. The topological polar surface area (TPSA) is 97.8 Å². The zero-order chi connectivity index (χ0) is 18.1. The molecule has 24 heavy (non-hydrogen) atoms. The number of sulfone groups is 1. The van der Waals surface area contributed by atoms with E-state index in [1.807, 2.05) is 0 Å². The van der Waals surface area contributed by atoms with Crippen molar-refractivity contribution in [1.82, 2.24) is 4.31 Å². The largest absolute Gasteiger partial charge is 0.468 e. The normalized spacial score (nSPS) is 19.9. The van der Waals surface area contributed by atoms with Gasteiger partial charge in [-0.25, -0.2) is 16.8 Å². The van der Waals surface area contributed by atoms with Crippen LogP contribution >= 0.6 is 0 Å². The molecule has 0 amide bonds. The lowest BCUT2D eigenvalue weighted by Gasteiger charge is -2.33. The molecule has 1 heterocycles. The Morgan fingerprint density at radius 1 is 1.21 bits per heavy atom. The van der Waals surface area contributed by atoms with E-state index in [4.69, 9.17) is 4.74 Å². The van der Waals surface area contributed by atoms with Crippen molar-refractivity contribution >= 4 is 25.8 Å². The summed E-state index contributed by atoms with van der Waals surface area (Å²) >= 11 is 0. The molecule has 2 rings (SSSR count). The van der Waals surface area contributed by atoms with Gasteiger partial charge in [0.15, 0.2) is 9.84 Å². The van der Waals surface area contributed by atoms with E-state index in [-0.39, 0.29) is 16.3 Å². The quantitative estimate of drug-likeness (QED) is 0.732. The Hall–Kier alpha value is -1.45. The van der Waals surface area contributed by atoms with Gasteiger partial charge in [0.1, 0.15) is 6.04 Å². The van der Waals surface area contributed by atoms with Gasteiger partial charge in [0.25, 0.3) is 0 Å². The number of aryl methyl sites for hydroxylation is 1. The van der Waals surface area contributed by atoms with Crippen LogP contribution < -0.4 is 0 Å². The van der Waals surface area contributed by atoms with Crippen LogP contribution in [0, 0.1) is 6.92 Å². The number of hydrogen-bond acceptors (Lipinski definition) is 6. The van der Waals surface area contributed by atoms with E-state index in [2.05, 4.69) is 0 Å². The molecule has 134 valence electrons. The number of benzene rings is 1. The summed E-state index contributed by atoms with van der Waals surface area (Å²) in [7, 11) is -6.33.